The van der Waals surface area contributed by atoms with Gasteiger partial charge in [-0.3, -0.25) is 4.79 Å². The van der Waals surface area contributed by atoms with Crippen LogP contribution in [0.15, 0.2) is 45.3 Å². The number of carbonyl (C=O) groups excluding carboxylic acids is 1. The van der Waals surface area contributed by atoms with Crippen molar-refractivity contribution < 1.29 is 4.79 Å². The number of carbonyl (C=O) groups is 1. The number of rotatable bonds is 5. The van der Waals surface area contributed by atoms with E-state index in [2.05, 4.69) is 26.1 Å². The van der Waals surface area contributed by atoms with Crippen LogP contribution in [0.25, 0.3) is 11.4 Å². The van der Waals surface area contributed by atoms with Gasteiger partial charge in [0.2, 0.25) is 0 Å². The third kappa shape index (κ3) is 3.85. The maximum atomic E-state index is 12.2. The highest BCUT2D eigenvalue weighted by Crippen LogP contribution is 2.26. The van der Waals surface area contributed by atoms with Crippen LogP contribution in [0.4, 0.5) is 0 Å². The summed E-state index contributed by atoms with van der Waals surface area (Å²) in [7, 11) is 1.89. The zero-order valence-corrected chi connectivity index (χ0v) is 16.0. The molecular formula is C15H11BrClN3OS2. The second kappa shape index (κ2) is 7.17. The Bertz CT molecular complexity index is 845. The van der Waals surface area contributed by atoms with Gasteiger partial charge in [-0.2, -0.15) is 0 Å². The van der Waals surface area contributed by atoms with Crippen LogP contribution in [0.5, 0.6) is 0 Å². The van der Waals surface area contributed by atoms with Crippen molar-refractivity contribution in [3.05, 3.63) is 50.1 Å². The number of hydrogen-bond donors (Lipinski definition) is 0. The van der Waals surface area contributed by atoms with E-state index in [9.17, 15) is 4.79 Å². The lowest BCUT2D eigenvalue weighted by atomic mass is 10.2. The Balaban J connectivity index is 1.72. The monoisotopic (exact) mass is 427 g/mol. The van der Waals surface area contributed by atoms with Gasteiger partial charge in [0.15, 0.2) is 16.8 Å². The molecule has 4 nitrogen and oxygen atoms in total. The van der Waals surface area contributed by atoms with Crippen LogP contribution in [0.1, 0.15) is 9.67 Å². The summed E-state index contributed by atoms with van der Waals surface area (Å²) in [6.07, 6.45) is 0. The molecule has 23 heavy (non-hydrogen) atoms. The van der Waals surface area contributed by atoms with Gasteiger partial charge in [-0.1, -0.05) is 23.4 Å². The van der Waals surface area contributed by atoms with E-state index >= 15 is 0 Å². The summed E-state index contributed by atoms with van der Waals surface area (Å²) < 4.78 is 2.83. The summed E-state index contributed by atoms with van der Waals surface area (Å²) in [5.74, 6) is 1.16. The maximum absolute atomic E-state index is 12.2. The molecule has 118 valence electrons. The molecule has 0 spiro atoms. The predicted molar refractivity (Wildman–Crippen MR) is 98.5 cm³/mol. The van der Waals surface area contributed by atoms with Crippen LogP contribution >= 0.6 is 50.6 Å². The highest BCUT2D eigenvalue weighted by molar-refractivity contribution is 9.11. The first-order valence-corrected chi connectivity index (χ1v) is 9.58. The average molecular weight is 429 g/mol. The summed E-state index contributed by atoms with van der Waals surface area (Å²) in [5, 5.41) is 9.76. The molecule has 3 rings (SSSR count). The van der Waals surface area contributed by atoms with Gasteiger partial charge in [-0.05, 0) is 52.3 Å². The number of thioether (sulfide) groups is 1. The van der Waals surface area contributed by atoms with Gasteiger partial charge >= 0.3 is 0 Å². The highest BCUT2D eigenvalue weighted by atomic mass is 79.9. The number of ketones is 1. The first-order chi connectivity index (χ1) is 11.0. The Labute approximate surface area is 155 Å². The quantitative estimate of drug-likeness (QED) is 0.427. The molecule has 0 unspecified atom stereocenters. The third-order valence-corrected chi connectivity index (χ3v) is 6.05. The minimum Gasteiger partial charge on any atom is -0.305 e. The van der Waals surface area contributed by atoms with Gasteiger partial charge in [0, 0.05) is 17.6 Å². The number of thiophene rings is 1. The van der Waals surface area contributed by atoms with Crippen molar-refractivity contribution in [1.29, 1.82) is 0 Å². The lowest BCUT2D eigenvalue weighted by Crippen LogP contribution is -2.01. The van der Waals surface area contributed by atoms with Gasteiger partial charge in [0.1, 0.15) is 0 Å². The molecular weight excluding hydrogens is 418 g/mol. The molecule has 0 saturated carbocycles. The first-order valence-electron chi connectivity index (χ1n) is 6.61. The molecule has 0 saturated heterocycles. The predicted octanol–water partition coefficient (Wildman–Crippen LogP) is 4.93. The molecule has 0 aliphatic heterocycles. The van der Waals surface area contributed by atoms with Crippen molar-refractivity contribution in [2.24, 2.45) is 7.05 Å². The fourth-order valence-electron chi connectivity index (χ4n) is 1.96. The normalized spacial score (nSPS) is 10.9. The van der Waals surface area contributed by atoms with Crippen molar-refractivity contribution in [2.75, 3.05) is 5.75 Å². The van der Waals surface area contributed by atoms with E-state index in [4.69, 9.17) is 11.6 Å². The van der Waals surface area contributed by atoms with E-state index in [1.165, 1.54) is 23.1 Å². The minimum absolute atomic E-state index is 0.0849. The summed E-state index contributed by atoms with van der Waals surface area (Å²) in [4.78, 5) is 12.9. The topological polar surface area (TPSA) is 47.8 Å². The van der Waals surface area contributed by atoms with Crippen LogP contribution in [0, 0.1) is 0 Å². The molecule has 0 amide bonds. The van der Waals surface area contributed by atoms with E-state index in [0.717, 1.165) is 20.1 Å². The largest absolute Gasteiger partial charge is 0.305 e. The smallest absolute Gasteiger partial charge is 0.191 e. The zero-order chi connectivity index (χ0) is 16.4. The number of nitrogens with zero attached hydrogens (tertiary/aromatic N) is 3. The van der Waals surface area contributed by atoms with Crippen molar-refractivity contribution >= 4 is 56.4 Å². The van der Waals surface area contributed by atoms with Crippen LogP contribution in [-0.4, -0.2) is 26.3 Å². The second-order valence-electron chi connectivity index (χ2n) is 4.69. The van der Waals surface area contributed by atoms with E-state index in [1.54, 1.807) is 0 Å². The molecule has 0 atom stereocenters. The van der Waals surface area contributed by atoms with Crippen molar-refractivity contribution in [1.82, 2.24) is 14.8 Å². The van der Waals surface area contributed by atoms with Crippen molar-refractivity contribution in [3.8, 4) is 11.4 Å². The fourth-order valence-corrected chi connectivity index (χ4v) is 4.29. The molecule has 0 radical (unpaired) electrons. The Morgan fingerprint density at radius 3 is 2.65 bits per heavy atom. The molecule has 3 aromatic rings. The molecule has 0 fully saturated rings. The van der Waals surface area contributed by atoms with E-state index < -0.39 is 0 Å². The van der Waals surface area contributed by atoms with Gasteiger partial charge < -0.3 is 4.57 Å². The van der Waals surface area contributed by atoms with Crippen LogP contribution < -0.4 is 0 Å². The fraction of sp³-hybridized carbons (Fsp3) is 0.133. The first kappa shape index (κ1) is 16.7. The lowest BCUT2D eigenvalue weighted by molar-refractivity contribution is 0.102. The Hall–Kier alpha value is -1.15. The standard InChI is InChI=1S/C15H11BrClN3OS2/c1-20-14(9-2-4-10(17)5-3-9)18-19-15(20)22-8-11(21)12-6-7-13(16)23-12/h2-7H,8H2,1H3. The van der Waals surface area contributed by atoms with Gasteiger partial charge in [0.05, 0.1) is 14.4 Å². The molecule has 0 bridgehead atoms. The Kier molecular flexibility index (Phi) is 5.21. The Morgan fingerprint density at radius 1 is 1.26 bits per heavy atom. The maximum Gasteiger partial charge on any atom is 0.191 e. The molecule has 0 aliphatic rings. The summed E-state index contributed by atoms with van der Waals surface area (Å²) in [5.41, 5.74) is 0.935. The van der Waals surface area contributed by atoms with E-state index in [1.807, 2.05) is 48.0 Å². The van der Waals surface area contributed by atoms with Crippen LogP contribution in [-0.2, 0) is 7.05 Å². The third-order valence-electron chi connectivity index (χ3n) is 3.12. The summed E-state index contributed by atoms with van der Waals surface area (Å²) in [6, 6.07) is 11.1. The van der Waals surface area contributed by atoms with Crippen LogP contribution in [0.2, 0.25) is 5.02 Å². The number of benzene rings is 1. The van der Waals surface area contributed by atoms with Crippen molar-refractivity contribution in [2.45, 2.75) is 5.16 Å². The molecule has 2 heterocycles. The van der Waals surface area contributed by atoms with Gasteiger partial charge in [-0.15, -0.1) is 21.5 Å². The summed E-state index contributed by atoms with van der Waals surface area (Å²) in [6.45, 7) is 0. The van der Waals surface area contributed by atoms with Gasteiger partial charge in [-0.25, -0.2) is 0 Å². The second-order valence-corrected chi connectivity index (χ2v) is 8.53. The number of hydrogen-bond acceptors (Lipinski definition) is 5. The average Bonchev–Trinajstić information content (AvgIpc) is 3.12. The molecule has 2 aromatic heterocycles. The number of halogens is 2. The molecule has 0 N–H and O–H groups in total. The molecule has 0 aliphatic carbocycles. The SMILES string of the molecule is Cn1c(SCC(=O)c2ccc(Br)s2)nnc1-c1ccc(Cl)cc1. The van der Waals surface area contributed by atoms with Gasteiger partial charge in [0.25, 0.3) is 0 Å². The molecule has 8 heteroatoms. The minimum atomic E-state index is 0.0849. The lowest BCUT2D eigenvalue weighted by Gasteiger charge is -2.03. The summed E-state index contributed by atoms with van der Waals surface area (Å²) >= 11 is 12.1. The van der Waals surface area contributed by atoms with E-state index in [-0.39, 0.29) is 5.78 Å². The number of aromatic nitrogens is 3. The highest BCUT2D eigenvalue weighted by Gasteiger charge is 2.14. The number of Topliss-reactive ketones (excluding diaryl/α,β-unsaturated/α-hetero) is 1. The van der Waals surface area contributed by atoms with E-state index in [0.29, 0.717) is 15.9 Å². The van der Waals surface area contributed by atoms with Crippen LogP contribution in [0.3, 0.4) is 0 Å². The van der Waals surface area contributed by atoms with Crippen molar-refractivity contribution in [3.63, 3.8) is 0 Å². The molecule has 1 aromatic carbocycles. The Morgan fingerprint density at radius 2 is 2.00 bits per heavy atom. The zero-order valence-electron chi connectivity index (χ0n) is 12.0.